The van der Waals surface area contributed by atoms with Gasteiger partial charge < -0.3 is 0 Å². The van der Waals surface area contributed by atoms with Gasteiger partial charge in [-0.25, -0.2) is 17.5 Å². The van der Waals surface area contributed by atoms with Crippen LogP contribution >= 0.6 is 15.9 Å². The zero-order valence-corrected chi connectivity index (χ0v) is 11.9. The van der Waals surface area contributed by atoms with E-state index in [-0.39, 0.29) is 15.9 Å². The number of nitrogens with zero attached hydrogens (tertiary/aromatic N) is 1. The molecule has 18 heavy (non-hydrogen) atoms. The second-order valence-corrected chi connectivity index (χ2v) is 6.18. The van der Waals surface area contributed by atoms with Crippen molar-refractivity contribution in [2.75, 3.05) is 6.54 Å². The molecular weight excluding hydrogens is 323 g/mol. The van der Waals surface area contributed by atoms with Crippen molar-refractivity contribution >= 4 is 26.0 Å². The lowest BCUT2D eigenvalue weighted by atomic mass is 10.2. The summed E-state index contributed by atoms with van der Waals surface area (Å²) in [5, 5.41) is 8.34. The maximum Gasteiger partial charge on any atom is 0.241 e. The third kappa shape index (κ3) is 4.37. The molecule has 0 spiro atoms. The van der Waals surface area contributed by atoms with E-state index in [4.69, 9.17) is 5.26 Å². The molecule has 0 bridgehead atoms. The van der Waals surface area contributed by atoms with Crippen LogP contribution in [0.2, 0.25) is 0 Å². The van der Waals surface area contributed by atoms with Gasteiger partial charge in [0.15, 0.2) is 0 Å². The van der Waals surface area contributed by atoms with Crippen molar-refractivity contribution < 1.29 is 12.8 Å². The molecule has 0 fully saturated rings. The molecular formula is C11H12BrFN2O2S. The van der Waals surface area contributed by atoms with E-state index in [2.05, 4.69) is 20.7 Å². The lowest BCUT2D eigenvalue weighted by molar-refractivity contribution is 0.575. The molecule has 1 N–H and O–H groups in total. The molecule has 0 aliphatic rings. The molecule has 0 amide bonds. The molecule has 4 nitrogen and oxygen atoms in total. The monoisotopic (exact) mass is 334 g/mol. The van der Waals surface area contributed by atoms with Gasteiger partial charge in [0.25, 0.3) is 0 Å². The van der Waals surface area contributed by atoms with Crippen molar-refractivity contribution in [2.45, 2.75) is 24.2 Å². The second-order valence-electron chi connectivity index (χ2n) is 3.59. The smallest absolute Gasteiger partial charge is 0.211 e. The van der Waals surface area contributed by atoms with Crippen molar-refractivity contribution in [3.63, 3.8) is 0 Å². The fourth-order valence-electron chi connectivity index (χ4n) is 1.31. The molecule has 0 aromatic heterocycles. The van der Waals surface area contributed by atoms with Crippen LogP contribution in [-0.4, -0.2) is 15.0 Å². The normalized spacial score (nSPS) is 11.2. The highest BCUT2D eigenvalue weighted by Crippen LogP contribution is 2.22. The zero-order chi connectivity index (χ0) is 13.6. The predicted octanol–water partition coefficient (Wildman–Crippen LogP) is 2.56. The number of rotatable bonds is 6. The summed E-state index contributed by atoms with van der Waals surface area (Å²) in [5.41, 5.74) is 0. The number of hydrogen-bond donors (Lipinski definition) is 1. The van der Waals surface area contributed by atoms with E-state index >= 15 is 0 Å². The molecule has 1 aromatic carbocycles. The van der Waals surface area contributed by atoms with Crippen LogP contribution < -0.4 is 4.72 Å². The van der Waals surface area contributed by atoms with Gasteiger partial charge in [-0.2, -0.15) is 5.26 Å². The van der Waals surface area contributed by atoms with Crippen molar-refractivity contribution in [3.8, 4) is 6.07 Å². The van der Waals surface area contributed by atoms with Crippen LogP contribution in [-0.2, 0) is 10.0 Å². The standard InChI is InChI=1S/C11H12BrFN2O2S/c12-10-8-9(13)4-5-11(10)18(16,17)15-7-3-1-2-6-14/h4-5,8,15H,1-3,7H2. The van der Waals surface area contributed by atoms with E-state index in [1.54, 1.807) is 0 Å². The summed E-state index contributed by atoms with van der Waals surface area (Å²) >= 11 is 3.01. The summed E-state index contributed by atoms with van der Waals surface area (Å²) in [6.07, 6.45) is 1.64. The Morgan fingerprint density at radius 2 is 2.11 bits per heavy atom. The third-order valence-electron chi connectivity index (χ3n) is 2.19. The average molecular weight is 335 g/mol. The van der Waals surface area contributed by atoms with Crippen molar-refractivity contribution in [1.82, 2.24) is 4.72 Å². The summed E-state index contributed by atoms with van der Waals surface area (Å²) < 4.78 is 39.2. The van der Waals surface area contributed by atoms with E-state index in [0.29, 0.717) is 19.3 Å². The molecule has 0 saturated heterocycles. The second kappa shape index (κ2) is 6.83. The molecule has 0 heterocycles. The minimum Gasteiger partial charge on any atom is -0.211 e. The number of unbranched alkanes of at least 4 members (excludes halogenated alkanes) is 2. The zero-order valence-electron chi connectivity index (χ0n) is 9.49. The highest BCUT2D eigenvalue weighted by molar-refractivity contribution is 9.10. The molecule has 0 atom stereocenters. The van der Waals surface area contributed by atoms with Gasteiger partial charge in [0.1, 0.15) is 5.82 Å². The molecule has 0 unspecified atom stereocenters. The first-order valence-corrected chi connectivity index (χ1v) is 7.56. The number of halogens is 2. The van der Waals surface area contributed by atoms with E-state index in [1.165, 1.54) is 6.07 Å². The Kier molecular flexibility index (Phi) is 5.72. The van der Waals surface area contributed by atoms with Gasteiger partial charge in [0, 0.05) is 17.4 Å². The van der Waals surface area contributed by atoms with Crippen molar-refractivity contribution in [1.29, 1.82) is 5.26 Å². The van der Waals surface area contributed by atoms with Gasteiger partial charge >= 0.3 is 0 Å². The molecule has 0 aliphatic heterocycles. The first-order valence-electron chi connectivity index (χ1n) is 5.29. The molecule has 7 heteroatoms. The fraction of sp³-hybridized carbons (Fsp3) is 0.364. The highest BCUT2D eigenvalue weighted by atomic mass is 79.9. The van der Waals surface area contributed by atoms with E-state index in [1.807, 2.05) is 6.07 Å². The summed E-state index contributed by atoms with van der Waals surface area (Å²) in [7, 11) is -3.64. The van der Waals surface area contributed by atoms with Gasteiger partial charge in [0.2, 0.25) is 10.0 Å². The third-order valence-corrected chi connectivity index (χ3v) is 4.63. The van der Waals surface area contributed by atoms with Gasteiger partial charge in [-0.05, 0) is 47.0 Å². The maximum absolute atomic E-state index is 12.9. The van der Waals surface area contributed by atoms with Crippen LogP contribution in [0.5, 0.6) is 0 Å². The topological polar surface area (TPSA) is 70.0 Å². The van der Waals surface area contributed by atoms with Crippen LogP contribution in [0.25, 0.3) is 0 Å². The summed E-state index contributed by atoms with van der Waals surface area (Å²) in [4.78, 5) is 0.00387. The number of hydrogen-bond acceptors (Lipinski definition) is 3. The van der Waals surface area contributed by atoms with Crippen molar-refractivity contribution in [2.24, 2.45) is 0 Å². The van der Waals surface area contributed by atoms with Gasteiger partial charge in [-0.15, -0.1) is 0 Å². The Bertz CT molecular complexity index is 555. The lowest BCUT2D eigenvalue weighted by Gasteiger charge is -2.08. The first kappa shape index (κ1) is 15.1. The number of nitrogens with one attached hydrogen (secondary N) is 1. The Hall–Kier alpha value is -0.970. The highest BCUT2D eigenvalue weighted by Gasteiger charge is 2.17. The number of nitriles is 1. The van der Waals surface area contributed by atoms with Crippen LogP contribution in [0.4, 0.5) is 4.39 Å². The average Bonchev–Trinajstić information content (AvgIpc) is 2.28. The predicted molar refractivity (Wildman–Crippen MR) is 68.8 cm³/mol. The van der Waals surface area contributed by atoms with Crippen LogP contribution in [0.3, 0.4) is 0 Å². The lowest BCUT2D eigenvalue weighted by Crippen LogP contribution is -2.25. The molecule has 98 valence electrons. The number of benzene rings is 1. The van der Waals surface area contributed by atoms with Gasteiger partial charge in [-0.1, -0.05) is 0 Å². The first-order chi connectivity index (χ1) is 8.47. The Morgan fingerprint density at radius 1 is 1.39 bits per heavy atom. The summed E-state index contributed by atoms with van der Waals surface area (Å²) in [6.45, 7) is 0.258. The minimum absolute atomic E-state index is 0.00387. The van der Waals surface area contributed by atoms with Gasteiger partial charge in [-0.3, -0.25) is 0 Å². The minimum atomic E-state index is -3.64. The SMILES string of the molecule is N#CCCCCNS(=O)(=O)c1ccc(F)cc1Br. The van der Waals surface area contributed by atoms with Crippen molar-refractivity contribution in [3.05, 3.63) is 28.5 Å². The Labute approximate surface area is 114 Å². The van der Waals surface area contributed by atoms with E-state index < -0.39 is 15.8 Å². The molecule has 0 radical (unpaired) electrons. The van der Waals surface area contributed by atoms with Crippen LogP contribution in [0.1, 0.15) is 19.3 Å². The maximum atomic E-state index is 12.9. The fourth-order valence-corrected chi connectivity index (χ4v) is 3.43. The van der Waals surface area contributed by atoms with Crippen LogP contribution in [0, 0.1) is 17.1 Å². The molecule has 0 aliphatic carbocycles. The summed E-state index contributed by atoms with van der Waals surface area (Å²) in [6, 6.07) is 5.39. The molecule has 1 rings (SSSR count). The largest absolute Gasteiger partial charge is 0.241 e. The molecule has 0 saturated carbocycles. The summed E-state index contributed by atoms with van der Waals surface area (Å²) in [5.74, 6) is -0.505. The van der Waals surface area contributed by atoms with E-state index in [9.17, 15) is 12.8 Å². The molecule has 1 aromatic rings. The Balaban J connectivity index is 2.66. The van der Waals surface area contributed by atoms with E-state index in [0.717, 1.165) is 12.1 Å². The van der Waals surface area contributed by atoms with Crippen LogP contribution in [0.15, 0.2) is 27.6 Å². The number of sulfonamides is 1. The quantitative estimate of drug-likeness (QED) is 0.813. The Morgan fingerprint density at radius 3 is 2.72 bits per heavy atom. The van der Waals surface area contributed by atoms with Gasteiger partial charge in [0.05, 0.1) is 11.0 Å².